The third-order valence-electron chi connectivity index (χ3n) is 5.61. The van der Waals surface area contributed by atoms with Crippen LogP contribution in [0.5, 0.6) is 0 Å². The number of pyridine rings is 1. The van der Waals surface area contributed by atoms with Crippen molar-refractivity contribution in [2.75, 3.05) is 31.1 Å². The summed E-state index contributed by atoms with van der Waals surface area (Å²) in [7, 11) is 0. The van der Waals surface area contributed by atoms with Crippen LogP contribution >= 0.6 is 15.9 Å². The van der Waals surface area contributed by atoms with Gasteiger partial charge in [0, 0.05) is 48.5 Å². The maximum atomic E-state index is 13.3. The summed E-state index contributed by atoms with van der Waals surface area (Å²) in [5.74, 6) is -1.94. The van der Waals surface area contributed by atoms with Gasteiger partial charge in [0.25, 0.3) is 11.8 Å². The van der Waals surface area contributed by atoms with Crippen molar-refractivity contribution >= 4 is 39.5 Å². The molecule has 0 radical (unpaired) electrons. The molecule has 1 aliphatic rings. The van der Waals surface area contributed by atoms with Gasteiger partial charge in [-0.2, -0.15) is 4.39 Å². The molecule has 206 valence electrons. The number of carbonyl (C=O) groups is 3. The lowest BCUT2D eigenvalue weighted by Crippen LogP contribution is -2.43. The lowest BCUT2D eigenvalue weighted by Gasteiger charge is -2.34. The molecule has 2 heterocycles. The highest BCUT2D eigenvalue weighted by molar-refractivity contribution is 9.10. The van der Waals surface area contributed by atoms with Crippen molar-refractivity contribution in [3.8, 4) is 0 Å². The summed E-state index contributed by atoms with van der Waals surface area (Å²) in [4.78, 5) is 42.4. The van der Waals surface area contributed by atoms with Crippen LogP contribution in [0.2, 0.25) is 0 Å². The van der Waals surface area contributed by atoms with Gasteiger partial charge in [-0.05, 0) is 64.3 Å². The van der Waals surface area contributed by atoms with Crippen LogP contribution < -0.4 is 21.1 Å². The molecule has 0 bridgehead atoms. The van der Waals surface area contributed by atoms with Crippen molar-refractivity contribution < 1.29 is 28.2 Å². The number of hydrazine groups is 1. The Labute approximate surface area is 229 Å². The van der Waals surface area contributed by atoms with Gasteiger partial charge >= 0.3 is 6.09 Å². The molecule has 3 N–H and O–H groups in total. The third-order valence-corrected chi connectivity index (χ3v) is 6.10. The summed E-state index contributed by atoms with van der Waals surface area (Å²) in [6.45, 7) is 7.80. The van der Waals surface area contributed by atoms with Gasteiger partial charge in [-0.1, -0.05) is 15.9 Å². The summed E-state index contributed by atoms with van der Waals surface area (Å²) in [6, 6.07) is 7.61. The molecule has 3 rings (SSSR count). The first-order valence-electron chi connectivity index (χ1n) is 12.4. The molecule has 12 heteroatoms. The van der Waals surface area contributed by atoms with E-state index in [0.29, 0.717) is 38.2 Å². The number of hydrogen-bond donors (Lipinski definition) is 3. The summed E-state index contributed by atoms with van der Waals surface area (Å²) in [5, 5.41) is 2.72. The topological polar surface area (TPSA) is 122 Å². The van der Waals surface area contributed by atoms with Crippen LogP contribution in [0.25, 0.3) is 0 Å². The van der Waals surface area contributed by atoms with Crippen LogP contribution in [0.1, 0.15) is 60.7 Å². The van der Waals surface area contributed by atoms with Crippen LogP contribution in [0.4, 0.5) is 14.9 Å². The van der Waals surface area contributed by atoms with Crippen molar-refractivity contribution in [2.24, 2.45) is 0 Å². The summed E-state index contributed by atoms with van der Waals surface area (Å²) >= 11 is 3.47. The van der Waals surface area contributed by atoms with Gasteiger partial charge in [0.1, 0.15) is 5.60 Å². The molecule has 0 saturated carbocycles. The van der Waals surface area contributed by atoms with E-state index in [9.17, 15) is 18.8 Å². The molecule has 2 aromatic rings. The molecule has 1 fully saturated rings. The maximum absolute atomic E-state index is 13.3. The summed E-state index contributed by atoms with van der Waals surface area (Å²) in [5.41, 5.74) is 5.33. The smallest absolute Gasteiger partial charge is 0.407 e. The first-order valence-corrected chi connectivity index (χ1v) is 13.2. The zero-order chi connectivity index (χ0) is 27.7. The molecular formula is C26H33BrFN5O5. The zero-order valence-corrected chi connectivity index (χ0v) is 23.3. The fourth-order valence-electron chi connectivity index (χ4n) is 3.85. The number of nitrogens with one attached hydrogen (secondary N) is 3. The number of alkyl carbamates (subject to hydrolysis) is 1. The van der Waals surface area contributed by atoms with E-state index in [4.69, 9.17) is 9.47 Å². The van der Waals surface area contributed by atoms with E-state index in [1.165, 1.54) is 12.3 Å². The van der Waals surface area contributed by atoms with Crippen LogP contribution in [0.15, 0.2) is 41.0 Å². The van der Waals surface area contributed by atoms with Gasteiger partial charge in [0.15, 0.2) is 0 Å². The lowest BCUT2D eigenvalue weighted by molar-refractivity contribution is 0.0336. The quantitative estimate of drug-likeness (QED) is 0.240. The highest BCUT2D eigenvalue weighted by Gasteiger charge is 2.24. The first-order chi connectivity index (χ1) is 18.0. The van der Waals surface area contributed by atoms with Crippen LogP contribution in [0.3, 0.4) is 0 Å². The molecule has 0 spiro atoms. The number of piperidine rings is 1. The molecule has 0 unspecified atom stereocenters. The fraction of sp³-hybridized carbons (Fsp3) is 0.462. The Morgan fingerprint density at radius 1 is 1.11 bits per heavy atom. The molecule has 1 aliphatic heterocycles. The minimum atomic E-state index is -0.788. The minimum absolute atomic E-state index is 0.0384. The minimum Gasteiger partial charge on any atom is -0.444 e. The van der Waals surface area contributed by atoms with E-state index < -0.39 is 29.5 Å². The van der Waals surface area contributed by atoms with Gasteiger partial charge < -0.3 is 19.7 Å². The molecule has 10 nitrogen and oxygen atoms in total. The Balaban J connectivity index is 1.47. The van der Waals surface area contributed by atoms with E-state index in [1.807, 2.05) is 26.8 Å². The number of hydrogen-bond acceptors (Lipinski definition) is 7. The van der Waals surface area contributed by atoms with Gasteiger partial charge in [-0.25, -0.2) is 9.78 Å². The van der Waals surface area contributed by atoms with E-state index in [1.54, 1.807) is 12.1 Å². The number of anilines is 1. The number of aromatic nitrogens is 1. The Morgan fingerprint density at radius 3 is 2.50 bits per heavy atom. The molecule has 0 atom stereocenters. The number of nitrogens with zero attached hydrogens (tertiary/aromatic N) is 2. The van der Waals surface area contributed by atoms with E-state index in [-0.39, 0.29) is 11.7 Å². The standard InChI is InChI=1S/C26H33BrFN5O5/c1-26(2,3)38-25(36)30-10-4-14-37-19-8-12-33(13-9-19)21-16-18(27)5-6-20(21)24(35)32-31-23(34)17-7-11-29-22(28)15-17/h5-7,11,15-16,19H,4,8-10,12-14H2,1-3H3,(H,30,36)(H,31,34)(H,32,35). The second-order valence-corrected chi connectivity index (χ2v) is 10.7. The number of amides is 3. The molecule has 38 heavy (non-hydrogen) atoms. The van der Waals surface area contributed by atoms with Gasteiger partial charge in [-0.3, -0.25) is 20.4 Å². The largest absolute Gasteiger partial charge is 0.444 e. The first kappa shape index (κ1) is 29.3. The number of halogens is 2. The zero-order valence-electron chi connectivity index (χ0n) is 21.7. The average Bonchev–Trinajstić information content (AvgIpc) is 2.86. The Kier molecular flexibility index (Phi) is 10.4. The van der Waals surface area contributed by atoms with Gasteiger partial charge in [0.05, 0.1) is 17.4 Å². The number of carbonyl (C=O) groups excluding carboxylic acids is 3. The normalized spacial score (nSPS) is 14.1. The highest BCUT2D eigenvalue weighted by Crippen LogP contribution is 2.28. The number of ether oxygens (including phenoxy) is 2. The maximum Gasteiger partial charge on any atom is 0.407 e. The molecule has 1 saturated heterocycles. The Bertz CT molecular complexity index is 1140. The molecule has 0 aliphatic carbocycles. The van der Waals surface area contributed by atoms with Crippen molar-refractivity contribution in [3.63, 3.8) is 0 Å². The predicted octanol–water partition coefficient (Wildman–Crippen LogP) is 3.96. The molecule has 3 amide bonds. The monoisotopic (exact) mass is 593 g/mol. The lowest BCUT2D eigenvalue weighted by atomic mass is 10.0. The van der Waals surface area contributed by atoms with Gasteiger partial charge in [-0.15, -0.1) is 0 Å². The second-order valence-electron chi connectivity index (χ2n) is 9.78. The highest BCUT2D eigenvalue weighted by atomic mass is 79.9. The van der Waals surface area contributed by atoms with Crippen molar-refractivity contribution in [1.29, 1.82) is 0 Å². The third kappa shape index (κ3) is 9.25. The number of rotatable bonds is 8. The summed E-state index contributed by atoms with van der Waals surface area (Å²) < 4.78 is 25.3. The molecule has 1 aromatic heterocycles. The number of benzene rings is 1. The fourth-order valence-corrected chi connectivity index (χ4v) is 4.19. The van der Waals surface area contributed by atoms with Crippen LogP contribution in [0, 0.1) is 5.95 Å². The second kappa shape index (κ2) is 13.5. The Hall–Kier alpha value is -3.25. The van der Waals surface area contributed by atoms with Crippen molar-refractivity contribution in [2.45, 2.75) is 51.7 Å². The SMILES string of the molecule is CC(C)(C)OC(=O)NCCCOC1CCN(c2cc(Br)ccc2C(=O)NNC(=O)c2ccnc(F)c2)CC1. The van der Waals surface area contributed by atoms with Crippen LogP contribution in [-0.4, -0.2) is 60.8 Å². The van der Waals surface area contributed by atoms with E-state index in [2.05, 4.69) is 42.0 Å². The van der Waals surface area contributed by atoms with Crippen molar-refractivity contribution in [1.82, 2.24) is 21.2 Å². The van der Waals surface area contributed by atoms with E-state index in [0.717, 1.165) is 29.1 Å². The Morgan fingerprint density at radius 2 is 1.82 bits per heavy atom. The van der Waals surface area contributed by atoms with Crippen molar-refractivity contribution in [3.05, 3.63) is 58.1 Å². The molecule has 1 aromatic carbocycles. The molecular weight excluding hydrogens is 561 g/mol. The van der Waals surface area contributed by atoms with Gasteiger partial charge in [0.2, 0.25) is 5.95 Å². The van der Waals surface area contributed by atoms with Crippen LogP contribution in [-0.2, 0) is 9.47 Å². The average molecular weight is 594 g/mol. The summed E-state index contributed by atoms with van der Waals surface area (Å²) in [6.07, 6.45) is 3.04. The predicted molar refractivity (Wildman–Crippen MR) is 143 cm³/mol. The van der Waals surface area contributed by atoms with E-state index >= 15 is 0 Å².